The first kappa shape index (κ1) is 13.2. The monoisotopic (exact) mass is 280 g/mol. The molecule has 0 unspecified atom stereocenters. The molecule has 0 fully saturated rings. The number of H-pyrrole nitrogens is 1. The first-order valence-electron chi connectivity index (χ1n) is 5.51. The van der Waals surface area contributed by atoms with Crippen molar-refractivity contribution in [2.24, 2.45) is 0 Å². The summed E-state index contributed by atoms with van der Waals surface area (Å²) < 4.78 is 4.56. The number of carbonyl (C=O) groups is 2. The third-order valence-corrected chi connectivity index (χ3v) is 3.19. The van der Waals surface area contributed by atoms with Gasteiger partial charge in [0.15, 0.2) is 11.5 Å². The standard InChI is InChI=1S/C11H12N4O3S/c1-18-11(17)7-6-19-8(15-7)2-3-14-10(16)9-12-4-5-13-9/h4-6H,2-3H2,1H3,(H,12,13)(H,14,16). The lowest BCUT2D eigenvalue weighted by molar-refractivity contribution is 0.0594. The molecule has 2 heterocycles. The van der Waals surface area contributed by atoms with E-state index < -0.39 is 5.97 Å². The number of nitrogens with zero attached hydrogens (tertiary/aromatic N) is 2. The maximum atomic E-state index is 11.6. The first-order chi connectivity index (χ1) is 9.20. The number of nitrogens with one attached hydrogen (secondary N) is 2. The second kappa shape index (κ2) is 6.10. The van der Waals surface area contributed by atoms with Gasteiger partial charge in [-0.15, -0.1) is 11.3 Å². The summed E-state index contributed by atoms with van der Waals surface area (Å²) in [6.45, 7) is 0.424. The summed E-state index contributed by atoms with van der Waals surface area (Å²) >= 11 is 1.36. The molecule has 19 heavy (non-hydrogen) atoms. The number of hydrogen-bond acceptors (Lipinski definition) is 6. The van der Waals surface area contributed by atoms with E-state index in [9.17, 15) is 9.59 Å². The van der Waals surface area contributed by atoms with Gasteiger partial charge in [-0.1, -0.05) is 0 Å². The van der Waals surface area contributed by atoms with E-state index in [4.69, 9.17) is 0 Å². The fourth-order valence-corrected chi connectivity index (χ4v) is 2.15. The smallest absolute Gasteiger partial charge is 0.357 e. The molecule has 0 aliphatic rings. The molecule has 7 nitrogen and oxygen atoms in total. The number of esters is 1. The van der Waals surface area contributed by atoms with E-state index in [0.29, 0.717) is 18.7 Å². The second-order valence-corrected chi connectivity index (χ2v) is 4.50. The fraction of sp³-hybridized carbons (Fsp3) is 0.273. The highest BCUT2D eigenvalue weighted by molar-refractivity contribution is 7.09. The van der Waals surface area contributed by atoms with E-state index >= 15 is 0 Å². The van der Waals surface area contributed by atoms with Crippen LogP contribution >= 0.6 is 11.3 Å². The molecular weight excluding hydrogens is 268 g/mol. The summed E-state index contributed by atoms with van der Waals surface area (Å²) in [5.74, 6) is -0.453. The fourth-order valence-electron chi connectivity index (χ4n) is 1.38. The summed E-state index contributed by atoms with van der Waals surface area (Å²) in [6.07, 6.45) is 3.64. The molecule has 1 amide bonds. The number of thiazole rings is 1. The van der Waals surface area contributed by atoms with Crippen molar-refractivity contribution >= 4 is 23.2 Å². The predicted octanol–water partition coefficient (Wildman–Crippen LogP) is 0.625. The van der Waals surface area contributed by atoms with Crippen molar-refractivity contribution < 1.29 is 14.3 Å². The van der Waals surface area contributed by atoms with Gasteiger partial charge in [-0.25, -0.2) is 14.8 Å². The van der Waals surface area contributed by atoms with Crippen molar-refractivity contribution in [2.45, 2.75) is 6.42 Å². The average Bonchev–Trinajstić information content (AvgIpc) is 3.08. The SMILES string of the molecule is COC(=O)c1csc(CCNC(=O)c2ncc[nH]2)n1. The van der Waals surface area contributed by atoms with Gasteiger partial charge in [0, 0.05) is 30.7 Å². The predicted molar refractivity (Wildman–Crippen MR) is 68.1 cm³/mol. The highest BCUT2D eigenvalue weighted by Crippen LogP contribution is 2.10. The molecule has 0 atom stereocenters. The molecule has 0 aromatic carbocycles. The zero-order valence-electron chi connectivity index (χ0n) is 10.2. The van der Waals surface area contributed by atoms with E-state index in [2.05, 4.69) is 25.0 Å². The van der Waals surface area contributed by atoms with Crippen molar-refractivity contribution in [3.05, 3.63) is 34.3 Å². The van der Waals surface area contributed by atoms with Gasteiger partial charge >= 0.3 is 5.97 Å². The Morgan fingerprint density at radius 3 is 3.05 bits per heavy atom. The van der Waals surface area contributed by atoms with Crippen LogP contribution < -0.4 is 5.32 Å². The highest BCUT2D eigenvalue weighted by Gasteiger charge is 2.11. The van der Waals surface area contributed by atoms with E-state index in [0.717, 1.165) is 5.01 Å². The van der Waals surface area contributed by atoms with Crippen LogP contribution in [0.5, 0.6) is 0 Å². The molecule has 2 aromatic rings. The Morgan fingerprint density at radius 1 is 1.53 bits per heavy atom. The Bertz CT molecular complexity index is 564. The van der Waals surface area contributed by atoms with Crippen LogP contribution in [-0.4, -0.2) is 40.5 Å². The lowest BCUT2D eigenvalue weighted by Gasteiger charge is -2.00. The minimum Gasteiger partial charge on any atom is -0.464 e. The molecule has 0 aliphatic carbocycles. The zero-order chi connectivity index (χ0) is 13.7. The number of aromatic amines is 1. The van der Waals surface area contributed by atoms with Crippen LogP contribution in [0.25, 0.3) is 0 Å². The third kappa shape index (κ3) is 3.38. The Morgan fingerprint density at radius 2 is 2.37 bits per heavy atom. The van der Waals surface area contributed by atoms with Crippen LogP contribution in [0.4, 0.5) is 0 Å². The Labute approximate surface area is 113 Å². The number of amides is 1. The Balaban J connectivity index is 1.81. The maximum Gasteiger partial charge on any atom is 0.357 e. The van der Waals surface area contributed by atoms with Crippen LogP contribution in [0.15, 0.2) is 17.8 Å². The summed E-state index contributed by atoms with van der Waals surface area (Å²) in [7, 11) is 1.31. The molecule has 0 saturated carbocycles. The van der Waals surface area contributed by atoms with E-state index in [1.54, 1.807) is 11.6 Å². The summed E-state index contributed by atoms with van der Waals surface area (Å²) in [6, 6.07) is 0. The number of hydrogen-bond donors (Lipinski definition) is 2. The number of rotatable bonds is 5. The number of aromatic nitrogens is 3. The summed E-state index contributed by atoms with van der Waals surface area (Å²) in [5.41, 5.74) is 0.292. The molecule has 0 radical (unpaired) electrons. The summed E-state index contributed by atoms with van der Waals surface area (Å²) in [5, 5.41) is 5.10. The van der Waals surface area contributed by atoms with Gasteiger partial charge in [0.2, 0.25) is 0 Å². The van der Waals surface area contributed by atoms with Crippen LogP contribution in [0, 0.1) is 0 Å². The molecule has 0 bridgehead atoms. The third-order valence-electron chi connectivity index (χ3n) is 2.28. The normalized spacial score (nSPS) is 10.2. The summed E-state index contributed by atoms with van der Waals surface area (Å²) in [4.78, 5) is 33.4. The maximum absolute atomic E-state index is 11.6. The minimum absolute atomic E-state index is 0.269. The van der Waals surface area contributed by atoms with E-state index in [1.165, 1.54) is 24.6 Å². The van der Waals surface area contributed by atoms with E-state index in [-0.39, 0.29) is 11.7 Å². The molecule has 0 saturated heterocycles. The zero-order valence-corrected chi connectivity index (χ0v) is 11.0. The van der Waals surface area contributed by atoms with Crippen LogP contribution in [-0.2, 0) is 11.2 Å². The van der Waals surface area contributed by atoms with Gasteiger partial charge in [-0.05, 0) is 0 Å². The Kier molecular flexibility index (Phi) is 4.24. The molecule has 2 rings (SSSR count). The van der Waals surface area contributed by atoms with Crippen molar-refractivity contribution in [3.63, 3.8) is 0 Å². The molecule has 2 aromatic heterocycles. The molecule has 0 aliphatic heterocycles. The van der Waals surface area contributed by atoms with E-state index in [1.807, 2.05) is 0 Å². The number of ether oxygens (including phenoxy) is 1. The van der Waals surface area contributed by atoms with Crippen molar-refractivity contribution in [1.29, 1.82) is 0 Å². The van der Waals surface area contributed by atoms with Crippen molar-refractivity contribution in [3.8, 4) is 0 Å². The van der Waals surface area contributed by atoms with Gasteiger partial charge < -0.3 is 15.0 Å². The lowest BCUT2D eigenvalue weighted by Crippen LogP contribution is -2.26. The van der Waals surface area contributed by atoms with Gasteiger partial charge in [0.05, 0.1) is 12.1 Å². The average molecular weight is 280 g/mol. The van der Waals surface area contributed by atoms with Gasteiger partial charge in [-0.3, -0.25) is 4.79 Å². The highest BCUT2D eigenvalue weighted by atomic mass is 32.1. The van der Waals surface area contributed by atoms with Gasteiger partial charge in [-0.2, -0.15) is 0 Å². The van der Waals surface area contributed by atoms with Crippen LogP contribution in [0.2, 0.25) is 0 Å². The van der Waals surface area contributed by atoms with Gasteiger partial charge in [0.25, 0.3) is 5.91 Å². The van der Waals surface area contributed by atoms with Crippen molar-refractivity contribution in [2.75, 3.05) is 13.7 Å². The molecule has 0 spiro atoms. The Hall–Kier alpha value is -2.22. The lowest BCUT2D eigenvalue weighted by atomic mass is 10.4. The molecule has 100 valence electrons. The number of carbonyl (C=O) groups excluding carboxylic acids is 2. The molecule has 2 N–H and O–H groups in total. The van der Waals surface area contributed by atoms with Crippen LogP contribution in [0.3, 0.4) is 0 Å². The van der Waals surface area contributed by atoms with Crippen LogP contribution in [0.1, 0.15) is 26.1 Å². The molecular formula is C11H12N4O3S. The molecule has 8 heteroatoms. The first-order valence-corrected chi connectivity index (χ1v) is 6.39. The quantitative estimate of drug-likeness (QED) is 0.783. The second-order valence-electron chi connectivity index (χ2n) is 3.56. The van der Waals surface area contributed by atoms with Gasteiger partial charge in [0.1, 0.15) is 0 Å². The number of imidazole rings is 1. The topological polar surface area (TPSA) is 97.0 Å². The largest absolute Gasteiger partial charge is 0.464 e. The number of methoxy groups -OCH3 is 1. The minimum atomic E-state index is -0.456. The van der Waals surface area contributed by atoms with Crippen molar-refractivity contribution in [1.82, 2.24) is 20.3 Å².